The van der Waals surface area contributed by atoms with Crippen LogP contribution in [0.15, 0.2) is 30.7 Å². The molecule has 1 aromatic heterocycles. The van der Waals surface area contributed by atoms with Crippen molar-refractivity contribution in [1.29, 1.82) is 0 Å². The highest BCUT2D eigenvalue weighted by molar-refractivity contribution is 5.30. The van der Waals surface area contributed by atoms with E-state index in [4.69, 9.17) is 4.74 Å². The maximum absolute atomic E-state index is 13.8. The number of rotatable bonds is 5. The minimum atomic E-state index is -0.694. The van der Waals surface area contributed by atoms with Gasteiger partial charge in [0.15, 0.2) is 11.6 Å². The summed E-state index contributed by atoms with van der Waals surface area (Å²) in [5.41, 5.74) is 1.42. The zero-order valence-electron chi connectivity index (χ0n) is 11.9. The third kappa shape index (κ3) is 3.17. The zero-order chi connectivity index (χ0) is 14.7. The van der Waals surface area contributed by atoms with E-state index in [0.29, 0.717) is 5.56 Å². The van der Waals surface area contributed by atoms with E-state index in [1.54, 1.807) is 25.5 Å². The SMILES string of the molecule is CC(O)c1ccc(OCc2cncn2C(C)C)c(F)c1. The van der Waals surface area contributed by atoms with Gasteiger partial charge in [-0.3, -0.25) is 0 Å². The number of hydrogen-bond donors (Lipinski definition) is 1. The predicted molar refractivity (Wildman–Crippen MR) is 74.0 cm³/mol. The molecule has 1 aromatic carbocycles. The molecule has 2 aromatic rings. The normalized spacial score (nSPS) is 12.7. The Morgan fingerprint density at radius 3 is 2.70 bits per heavy atom. The van der Waals surface area contributed by atoms with Gasteiger partial charge in [0.1, 0.15) is 6.61 Å². The molecule has 0 fully saturated rings. The highest BCUT2D eigenvalue weighted by atomic mass is 19.1. The van der Waals surface area contributed by atoms with Gasteiger partial charge in [-0.1, -0.05) is 6.07 Å². The third-order valence-corrected chi connectivity index (χ3v) is 3.12. The number of benzene rings is 1. The topological polar surface area (TPSA) is 47.3 Å². The molecular formula is C15H19FN2O2. The average Bonchev–Trinajstić information content (AvgIpc) is 2.85. The van der Waals surface area contributed by atoms with Crippen molar-refractivity contribution in [3.05, 3.63) is 47.8 Å². The summed E-state index contributed by atoms with van der Waals surface area (Å²) in [6.45, 7) is 5.94. The van der Waals surface area contributed by atoms with Crippen LogP contribution in [0.25, 0.3) is 0 Å². The Balaban J connectivity index is 2.09. The molecule has 108 valence electrons. The number of nitrogens with zero attached hydrogens (tertiary/aromatic N) is 2. The van der Waals surface area contributed by atoms with Crippen LogP contribution >= 0.6 is 0 Å². The summed E-state index contributed by atoms with van der Waals surface area (Å²) in [6.07, 6.45) is 2.75. The van der Waals surface area contributed by atoms with Crippen molar-refractivity contribution in [1.82, 2.24) is 9.55 Å². The number of aliphatic hydroxyl groups is 1. The maximum atomic E-state index is 13.8. The quantitative estimate of drug-likeness (QED) is 0.913. The third-order valence-electron chi connectivity index (χ3n) is 3.12. The van der Waals surface area contributed by atoms with E-state index in [9.17, 15) is 9.50 Å². The van der Waals surface area contributed by atoms with Gasteiger partial charge in [0.2, 0.25) is 0 Å². The van der Waals surface area contributed by atoms with Crippen LogP contribution in [0.1, 0.15) is 44.2 Å². The smallest absolute Gasteiger partial charge is 0.165 e. The van der Waals surface area contributed by atoms with Crippen molar-refractivity contribution in [2.75, 3.05) is 0 Å². The van der Waals surface area contributed by atoms with Crippen molar-refractivity contribution >= 4 is 0 Å². The van der Waals surface area contributed by atoms with Gasteiger partial charge in [0.25, 0.3) is 0 Å². The lowest BCUT2D eigenvalue weighted by Crippen LogP contribution is -2.07. The maximum Gasteiger partial charge on any atom is 0.165 e. The molecule has 5 heteroatoms. The van der Waals surface area contributed by atoms with E-state index in [-0.39, 0.29) is 18.4 Å². The summed E-state index contributed by atoms with van der Waals surface area (Å²) in [6, 6.07) is 4.76. The Bertz CT molecular complexity index is 579. The molecule has 1 unspecified atom stereocenters. The largest absolute Gasteiger partial charge is 0.484 e. The van der Waals surface area contributed by atoms with Gasteiger partial charge >= 0.3 is 0 Å². The van der Waals surface area contributed by atoms with Gasteiger partial charge in [-0.25, -0.2) is 9.37 Å². The van der Waals surface area contributed by atoms with Crippen LogP contribution in [0.3, 0.4) is 0 Å². The summed E-state index contributed by atoms with van der Waals surface area (Å²) in [5, 5.41) is 9.40. The van der Waals surface area contributed by atoms with E-state index >= 15 is 0 Å². The highest BCUT2D eigenvalue weighted by Gasteiger charge is 2.10. The molecule has 20 heavy (non-hydrogen) atoms. The van der Waals surface area contributed by atoms with E-state index in [2.05, 4.69) is 4.98 Å². The van der Waals surface area contributed by atoms with Crippen LogP contribution in [-0.4, -0.2) is 14.7 Å². The number of halogens is 1. The lowest BCUT2D eigenvalue weighted by atomic mass is 10.1. The molecule has 1 atom stereocenters. The second-order valence-corrected chi connectivity index (χ2v) is 5.04. The lowest BCUT2D eigenvalue weighted by molar-refractivity contribution is 0.198. The summed E-state index contributed by atoms with van der Waals surface area (Å²) in [5.74, 6) is -0.301. The molecular weight excluding hydrogens is 259 g/mol. The highest BCUT2D eigenvalue weighted by Crippen LogP contribution is 2.23. The van der Waals surface area contributed by atoms with Crippen molar-refractivity contribution in [2.24, 2.45) is 0 Å². The Kier molecular flexibility index (Phi) is 4.39. The van der Waals surface area contributed by atoms with Crippen LogP contribution in [0.2, 0.25) is 0 Å². The molecule has 0 aliphatic heterocycles. The molecule has 0 saturated carbocycles. The summed E-state index contributed by atoms with van der Waals surface area (Å²) >= 11 is 0. The second-order valence-electron chi connectivity index (χ2n) is 5.04. The summed E-state index contributed by atoms with van der Waals surface area (Å²) in [7, 11) is 0. The fourth-order valence-electron chi connectivity index (χ4n) is 1.95. The Labute approximate surface area is 117 Å². The number of aliphatic hydroxyl groups excluding tert-OH is 1. The molecule has 2 rings (SSSR count). The van der Waals surface area contributed by atoms with Gasteiger partial charge in [-0.05, 0) is 38.5 Å². The minimum Gasteiger partial charge on any atom is -0.484 e. The fourth-order valence-corrected chi connectivity index (χ4v) is 1.95. The first-order chi connectivity index (χ1) is 9.49. The van der Waals surface area contributed by atoms with Crippen LogP contribution in [0.4, 0.5) is 4.39 Å². The van der Waals surface area contributed by atoms with Crippen molar-refractivity contribution in [3.63, 3.8) is 0 Å². The number of aromatic nitrogens is 2. The molecule has 4 nitrogen and oxygen atoms in total. The lowest BCUT2D eigenvalue weighted by Gasteiger charge is -2.13. The van der Waals surface area contributed by atoms with Gasteiger partial charge in [-0.2, -0.15) is 0 Å². The number of ether oxygens (including phenoxy) is 1. The van der Waals surface area contributed by atoms with E-state index < -0.39 is 11.9 Å². The molecule has 0 saturated heterocycles. The van der Waals surface area contributed by atoms with Crippen LogP contribution in [0.5, 0.6) is 5.75 Å². The molecule has 0 amide bonds. The van der Waals surface area contributed by atoms with Gasteiger partial charge in [0.05, 0.1) is 24.3 Å². The van der Waals surface area contributed by atoms with Crippen LogP contribution in [0, 0.1) is 5.82 Å². The first-order valence-corrected chi connectivity index (χ1v) is 6.60. The summed E-state index contributed by atoms with van der Waals surface area (Å²) < 4.78 is 21.3. The Morgan fingerprint density at radius 1 is 1.35 bits per heavy atom. The van der Waals surface area contributed by atoms with E-state index in [0.717, 1.165) is 5.69 Å². The first kappa shape index (κ1) is 14.5. The second kappa shape index (κ2) is 6.05. The average molecular weight is 278 g/mol. The molecule has 1 N–H and O–H groups in total. The molecule has 0 aliphatic rings. The standard InChI is InChI=1S/C15H19FN2O2/c1-10(2)18-9-17-7-13(18)8-20-15-5-4-12(11(3)19)6-14(15)16/h4-7,9-11,19H,8H2,1-3H3. The van der Waals surface area contributed by atoms with Crippen LogP contribution < -0.4 is 4.74 Å². The molecule has 0 radical (unpaired) electrons. The van der Waals surface area contributed by atoms with Crippen molar-refractivity contribution in [2.45, 2.75) is 39.5 Å². The van der Waals surface area contributed by atoms with Gasteiger partial charge < -0.3 is 14.4 Å². The molecule has 0 aliphatic carbocycles. The van der Waals surface area contributed by atoms with Gasteiger partial charge in [-0.15, -0.1) is 0 Å². The Hall–Kier alpha value is -1.88. The fraction of sp³-hybridized carbons (Fsp3) is 0.400. The van der Waals surface area contributed by atoms with Crippen molar-refractivity contribution in [3.8, 4) is 5.75 Å². The van der Waals surface area contributed by atoms with Gasteiger partial charge in [0, 0.05) is 6.04 Å². The van der Waals surface area contributed by atoms with Crippen LogP contribution in [-0.2, 0) is 6.61 Å². The van der Waals surface area contributed by atoms with Crippen molar-refractivity contribution < 1.29 is 14.2 Å². The molecule has 0 bridgehead atoms. The predicted octanol–water partition coefficient (Wildman–Crippen LogP) is 3.24. The number of hydrogen-bond acceptors (Lipinski definition) is 3. The monoisotopic (exact) mass is 278 g/mol. The zero-order valence-corrected chi connectivity index (χ0v) is 11.9. The first-order valence-electron chi connectivity index (χ1n) is 6.60. The molecule has 1 heterocycles. The summed E-state index contributed by atoms with van der Waals surface area (Å²) in [4.78, 5) is 4.07. The number of imidazole rings is 1. The Morgan fingerprint density at radius 2 is 2.10 bits per heavy atom. The van der Waals surface area contributed by atoms with E-state index in [1.807, 2.05) is 18.4 Å². The van der Waals surface area contributed by atoms with E-state index in [1.165, 1.54) is 12.1 Å². The molecule has 0 spiro atoms. The minimum absolute atomic E-state index is 0.172.